The maximum atomic E-state index is 13.4. The number of rotatable bonds is 8. The van der Waals surface area contributed by atoms with Gasteiger partial charge in [-0.25, -0.2) is 0 Å². The second-order valence-electron chi connectivity index (χ2n) is 11.4. The Kier molecular flexibility index (Phi) is 9.03. The van der Waals surface area contributed by atoms with E-state index in [4.69, 9.17) is 4.74 Å². The summed E-state index contributed by atoms with van der Waals surface area (Å²) in [6.45, 7) is 13.6. The largest absolute Gasteiger partial charge is 0.495 e. The summed E-state index contributed by atoms with van der Waals surface area (Å²) in [6, 6.07) is 21.4. The summed E-state index contributed by atoms with van der Waals surface area (Å²) < 4.78 is 5.56. The molecule has 2 N–H and O–H groups in total. The number of carbonyl (C=O) groups excluding carboxylic acids is 2. The Morgan fingerprint density at radius 2 is 1.50 bits per heavy atom. The fraction of sp³-hybridized carbons (Fsp3) is 0.394. The van der Waals surface area contributed by atoms with Crippen LogP contribution in [0.2, 0.25) is 0 Å². The van der Waals surface area contributed by atoms with Gasteiger partial charge in [0.15, 0.2) is 0 Å². The molecule has 0 aliphatic carbocycles. The number of hydrogen-bond acceptors (Lipinski definition) is 5. The maximum absolute atomic E-state index is 13.4. The van der Waals surface area contributed by atoms with Crippen LogP contribution in [0.1, 0.15) is 67.3 Å². The Balaban J connectivity index is 1.54. The summed E-state index contributed by atoms with van der Waals surface area (Å²) in [5, 5.41) is 6.09. The molecular weight excluding hydrogens is 500 g/mol. The van der Waals surface area contributed by atoms with Gasteiger partial charge in [0.25, 0.3) is 11.8 Å². The number of para-hydroxylation sites is 2. The molecule has 1 aliphatic heterocycles. The first-order chi connectivity index (χ1) is 19.1. The minimum atomic E-state index is -0.202. The highest BCUT2D eigenvalue weighted by Crippen LogP contribution is 2.31. The fourth-order valence-electron chi connectivity index (χ4n) is 4.88. The Bertz CT molecular complexity index is 1320. The minimum Gasteiger partial charge on any atom is -0.495 e. The first-order valence-corrected chi connectivity index (χ1v) is 14.1. The van der Waals surface area contributed by atoms with Gasteiger partial charge in [-0.1, -0.05) is 52.0 Å². The Morgan fingerprint density at radius 1 is 0.875 bits per heavy atom. The number of nitrogens with one attached hydrogen (secondary N) is 2. The molecule has 1 fully saturated rings. The van der Waals surface area contributed by atoms with Crippen LogP contribution in [-0.2, 0) is 5.41 Å². The first-order valence-electron chi connectivity index (χ1n) is 14.1. The van der Waals surface area contributed by atoms with E-state index in [1.54, 1.807) is 13.2 Å². The Labute approximate surface area is 238 Å². The molecule has 7 nitrogen and oxygen atoms in total. The van der Waals surface area contributed by atoms with Crippen molar-refractivity contribution in [2.75, 3.05) is 48.4 Å². The predicted octanol–water partition coefficient (Wildman–Crippen LogP) is 6.10. The lowest BCUT2D eigenvalue weighted by atomic mass is 9.87. The van der Waals surface area contributed by atoms with E-state index in [-0.39, 0.29) is 23.3 Å². The highest BCUT2D eigenvalue weighted by Gasteiger charge is 2.24. The molecule has 2 amide bonds. The van der Waals surface area contributed by atoms with E-state index in [2.05, 4.69) is 47.3 Å². The van der Waals surface area contributed by atoms with Crippen molar-refractivity contribution in [1.82, 2.24) is 5.32 Å². The summed E-state index contributed by atoms with van der Waals surface area (Å²) in [5.74, 6) is 0.520. The second-order valence-corrected chi connectivity index (χ2v) is 11.4. The molecule has 3 aromatic rings. The molecule has 0 bridgehead atoms. The summed E-state index contributed by atoms with van der Waals surface area (Å²) in [6.07, 6.45) is 0.833. The van der Waals surface area contributed by atoms with Crippen molar-refractivity contribution in [1.29, 1.82) is 0 Å². The number of anilines is 3. The molecule has 0 spiro atoms. The van der Waals surface area contributed by atoms with Crippen molar-refractivity contribution in [2.45, 2.75) is 52.5 Å². The average molecular weight is 543 g/mol. The molecule has 4 rings (SSSR count). The smallest absolute Gasteiger partial charge is 0.255 e. The predicted molar refractivity (Wildman–Crippen MR) is 164 cm³/mol. The van der Waals surface area contributed by atoms with E-state index in [0.29, 0.717) is 16.8 Å². The molecular formula is C33H42N4O3. The quantitative estimate of drug-likeness (QED) is 0.360. The van der Waals surface area contributed by atoms with Gasteiger partial charge in [0.1, 0.15) is 5.75 Å². The topological polar surface area (TPSA) is 73.9 Å². The van der Waals surface area contributed by atoms with E-state index in [1.807, 2.05) is 68.4 Å². The second kappa shape index (κ2) is 12.5. The standard InChI is InChI=1S/C33H42N4O3/c1-7-23(2)34-32(39)27-22-26(35-31(38)24-12-14-25(15-13-24)33(3,4)5)16-17-28(27)36-18-20-37(21-19-36)29-10-8-9-11-30(29)40-6/h8-17,22-23H,7,18-21H2,1-6H3,(H,34,39)(H,35,38). The van der Waals surface area contributed by atoms with Crippen LogP contribution < -0.4 is 25.2 Å². The number of hydrogen-bond donors (Lipinski definition) is 2. The number of carbonyl (C=O) groups is 2. The maximum Gasteiger partial charge on any atom is 0.255 e. The van der Waals surface area contributed by atoms with E-state index < -0.39 is 0 Å². The van der Waals surface area contributed by atoms with E-state index in [1.165, 1.54) is 5.56 Å². The Morgan fingerprint density at radius 3 is 2.10 bits per heavy atom. The minimum absolute atomic E-state index is 0.0153. The summed E-state index contributed by atoms with van der Waals surface area (Å²) in [7, 11) is 1.69. The third-order valence-corrected chi connectivity index (χ3v) is 7.55. The number of amides is 2. The summed E-state index contributed by atoms with van der Waals surface area (Å²) in [5.41, 5.74) is 4.86. The van der Waals surface area contributed by atoms with Gasteiger partial charge in [-0.3, -0.25) is 9.59 Å². The van der Waals surface area contributed by atoms with Crippen LogP contribution in [-0.4, -0.2) is 51.1 Å². The molecule has 1 unspecified atom stereocenters. The molecule has 1 heterocycles. The van der Waals surface area contributed by atoms with Crippen molar-refractivity contribution in [3.05, 3.63) is 83.4 Å². The van der Waals surface area contributed by atoms with Gasteiger partial charge in [-0.2, -0.15) is 0 Å². The van der Waals surface area contributed by atoms with Crippen LogP contribution in [0.25, 0.3) is 0 Å². The van der Waals surface area contributed by atoms with Crippen LogP contribution in [0.5, 0.6) is 5.75 Å². The number of piperazine rings is 1. The third kappa shape index (κ3) is 6.76. The highest BCUT2D eigenvalue weighted by atomic mass is 16.5. The fourth-order valence-corrected chi connectivity index (χ4v) is 4.88. The number of nitrogens with zero attached hydrogens (tertiary/aromatic N) is 2. The summed E-state index contributed by atoms with van der Waals surface area (Å²) in [4.78, 5) is 31.0. The number of benzene rings is 3. The highest BCUT2D eigenvalue weighted by molar-refractivity contribution is 6.06. The van der Waals surface area contributed by atoms with Crippen LogP contribution in [0.15, 0.2) is 66.7 Å². The molecule has 3 aromatic carbocycles. The average Bonchev–Trinajstić information content (AvgIpc) is 2.96. The molecule has 212 valence electrons. The molecule has 1 aliphatic rings. The molecule has 1 saturated heterocycles. The van der Waals surface area contributed by atoms with Gasteiger partial charge in [0.2, 0.25) is 0 Å². The van der Waals surface area contributed by atoms with Gasteiger partial charge in [0, 0.05) is 49.2 Å². The molecule has 0 saturated carbocycles. The zero-order valence-electron chi connectivity index (χ0n) is 24.6. The van der Waals surface area contributed by atoms with Crippen LogP contribution >= 0.6 is 0 Å². The number of ether oxygens (including phenoxy) is 1. The molecule has 40 heavy (non-hydrogen) atoms. The van der Waals surface area contributed by atoms with Crippen molar-refractivity contribution < 1.29 is 14.3 Å². The normalized spacial score (nSPS) is 14.4. The van der Waals surface area contributed by atoms with Crippen molar-refractivity contribution in [3.63, 3.8) is 0 Å². The zero-order valence-corrected chi connectivity index (χ0v) is 24.6. The molecule has 7 heteroatoms. The molecule has 0 radical (unpaired) electrons. The third-order valence-electron chi connectivity index (χ3n) is 7.55. The summed E-state index contributed by atoms with van der Waals surface area (Å²) >= 11 is 0. The number of methoxy groups -OCH3 is 1. The monoisotopic (exact) mass is 542 g/mol. The van der Waals surface area contributed by atoms with Gasteiger partial charge >= 0.3 is 0 Å². The van der Waals surface area contributed by atoms with Crippen LogP contribution in [0, 0.1) is 0 Å². The lowest BCUT2D eigenvalue weighted by molar-refractivity contribution is 0.0938. The lowest BCUT2D eigenvalue weighted by Crippen LogP contribution is -2.47. The van der Waals surface area contributed by atoms with E-state index in [9.17, 15) is 9.59 Å². The Hall–Kier alpha value is -4.00. The van der Waals surface area contributed by atoms with Crippen molar-refractivity contribution >= 4 is 28.9 Å². The van der Waals surface area contributed by atoms with Gasteiger partial charge in [-0.05, 0) is 66.8 Å². The van der Waals surface area contributed by atoms with E-state index in [0.717, 1.165) is 49.7 Å². The molecule has 0 aromatic heterocycles. The first kappa shape index (κ1) is 29.0. The van der Waals surface area contributed by atoms with Crippen molar-refractivity contribution in [2.24, 2.45) is 0 Å². The molecule has 1 atom stereocenters. The van der Waals surface area contributed by atoms with E-state index >= 15 is 0 Å². The van der Waals surface area contributed by atoms with Gasteiger partial charge in [0.05, 0.1) is 18.4 Å². The SMILES string of the molecule is CCC(C)NC(=O)c1cc(NC(=O)c2ccc(C(C)(C)C)cc2)ccc1N1CCN(c2ccccc2OC)CC1. The van der Waals surface area contributed by atoms with Crippen LogP contribution in [0.3, 0.4) is 0 Å². The zero-order chi connectivity index (χ0) is 28.9. The van der Waals surface area contributed by atoms with Gasteiger partial charge < -0.3 is 25.2 Å². The van der Waals surface area contributed by atoms with Crippen molar-refractivity contribution in [3.8, 4) is 5.75 Å². The van der Waals surface area contributed by atoms with Crippen LogP contribution in [0.4, 0.5) is 17.1 Å². The lowest BCUT2D eigenvalue weighted by Gasteiger charge is -2.38. The van der Waals surface area contributed by atoms with Gasteiger partial charge in [-0.15, -0.1) is 0 Å².